The predicted molar refractivity (Wildman–Crippen MR) is 66.6 cm³/mol. The third-order valence-electron chi connectivity index (χ3n) is 2.81. The SMILES string of the molecule is N#CC1CN(S(=O)(=O)c2ccc(O)c(N)c2)CCO1. The molecule has 0 saturated carbocycles. The first-order valence-corrected chi connectivity index (χ1v) is 6.99. The van der Waals surface area contributed by atoms with Crippen molar-refractivity contribution in [3.63, 3.8) is 0 Å². The van der Waals surface area contributed by atoms with E-state index in [0.717, 1.165) is 0 Å². The molecular weight excluding hydrogens is 270 g/mol. The summed E-state index contributed by atoms with van der Waals surface area (Å²) < 4.78 is 30.9. The topological polar surface area (TPSA) is 117 Å². The fourth-order valence-corrected chi connectivity index (χ4v) is 3.22. The largest absolute Gasteiger partial charge is 0.506 e. The van der Waals surface area contributed by atoms with Crippen LogP contribution in [0.2, 0.25) is 0 Å². The highest BCUT2D eigenvalue weighted by atomic mass is 32.2. The van der Waals surface area contributed by atoms with Gasteiger partial charge in [-0.05, 0) is 18.2 Å². The quantitative estimate of drug-likeness (QED) is 0.577. The first kappa shape index (κ1) is 13.6. The molecule has 1 unspecified atom stereocenters. The van der Waals surface area contributed by atoms with Crippen molar-refractivity contribution < 1.29 is 18.3 Å². The van der Waals surface area contributed by atoms with Gasteiger partial charge in [0, 0.05) is 6.54 Å². The number of phenolic OH excluding ortho intramolecular Hbond substituents is 1. The number of nitrogen functional groups attached to an aromatic ring is 1. The molecule has 3 N–H and O–H groups in total. The standard InChI is InChI=1S/C11H13N3O4S/c12-6-8-7-14(3-4-18-8)19(16,17)9-1-2-11(15)10(13)5-9/h1-2,5,8,15H,3-4,7,13H2. The minimum absolute atomic E-state index is 0.00818. The van der Waals surface area contributed by atoms with Crippen LogP contribution in [0.5, 0.6) is 5.75 Å². The number of rotatable bonds is 2. The summed E-state index contributed by atoms with van der Waals surface area (Å²) >= 11 is 0. The summed E-state index contributed by atoms with van der Waals surface area (Å²) in [6.45, 7) is 0.339. The van der Waals surface area contributed by atoms with E-state index in [1.54, 1.807) is 0 Å². The number of nitrogens with zero attached hydrogens (tertiary/aromatic N) is 2. The summed E-state index contributed by atoms with van der Waals surface area (Å²) in [5.74, 6) is -0.171. The van der Waals surface area contributed by atoms with E-state index in [0.29, 0.717) is 0 Å². The van der Waals surface area contributed by atoms with Gasteiger partial charge in [-0.2, -0.15) is 9.57 Å². The molecule has 0 radical (unpaired) electrons. The molecule has 1 aromatic rings. The van der Waals surface area contributed by atoms with Gasteiger partial charge in [0.05, 0.1) is 29.8 Å². The number of benzene rings is 1. The number of sulfonamides is 1. The zero-order valence-electron chi connectivity index (χ0n) is 9.98. The maximum absolute atomic E-state index is 12.3. The van der Waals surface area contributed by atoms with Crippen LogP contribution >= 0.6 is 0 Å². The van der Waals surface area contributed by atoms with Crippen molar-refractivity contribution in [3.05, 3.63) is 18.2 Å². The van der Waals surface area contributed by atoms with Crippen LogP contribution in [0.15, 0.2) is 23.1 Å². The monoisotopic (exact) mass is 283 g/mol. The number of nitriles is 1. The number of aromatic hydroxyl groups is 1. The number of phenols is 1. The highest BCUT2D eigenvalue weighted by molar-refractivity contribution is 7.89. The molecule has 1 aliphatic heterocycles. The maximum atomic E-state index is 12.3. The summed E-state index contributed by atoms with van der Waals surface area (Å²) in [7, 11) is -3.73. The van der Waals surface area contributed by atoms with Crippen LogP contribution in [-0.4, -0.2) is 43.6 Å². The lowest BCUT2D eigenvalue weighted by Crippen LogP contribution is -2.45. The van der Waals surface area contributed by atoms with Crippen molar-refractivity contribution in [2.24, 2.45) is 0 Å². The van der Waals surface area contributed by atoms with E-state index in [4.69, 9.17) is 15.7 Å². The molecule has 19 heavy (non-hydrogen) atoms. The molecule has 1 saturated heterocycles. The van der Waals surface area contributed by atoms with Crippen LogP contribution in [0.1, 0.15) is 0 Å². The average molecular weight is 283 g/mol. The molecule has 0 bridgehead atoms. The molecule has 1 aromatic carbocycles. The molecular formula is C11H13N3O4S. The molecule has 0 aliphatic carbocycles. The van der Waals surface area contributed by atoms with E-state index >= 15 is 0 Å². The molecule has 1 heterocycles. The Kier molecular flexibility index (Phi) is 3.61. The fourth-order valence-electron chi connectivity index (χ4n) is 1.76. The molecule has 0 spiro atoms. The van der Waals surface area contributed by atoms with Crippen molar-refractivity contribution in [2.75, 3.05) is 25.4 Å². The predicted octanol–water partition coefficient (Wildman–Crippen LogP) is -0.113. The van der Waals surface area contributed by atoms with E-state index in [9.17, 15) is 13.5 Å². The molecule has 102 valence electrons. The molecule has 1 aliphatic rings. The van der Waals surface area contributed by atoms with E-state index in [1.807, 2.05) is 6.07 Å². The van der Waals surface area contributed by atoms with Crippen LogP contribution < -0.4 is 5.73 Å². The Morgan fingerprint density at radius 2 is 2.26 bits per heavy atom. The smallest absolute Gasteiger partial charge is 0.243 e. The first-order chi connectivity index (χ1) is 8.95. The molecule has 0 amide bonds. The van der Waals surface area contributed by atoms with Crippen molar-refractivity contribution in [1.82, 2.24) is 4.31 Å². The van der Waals surface area contributed by atoms with Gasteiger partial charge in [-0.1, -0.05) is 0 Å². The first-order valence-electron chi connectivity index (χ1n) is 5.55. The fraction of sp³-hybridized carbons (Fsp3) is 0.364. The number of hydrogen-bond acceptors (Lipinski definition) is 6. The Balaban J connectivity index is 2.31. The molecule has 1 atom stereocenters. The Morgan fingerprint density at radius 3 is 2.89 bits per heavy atom. The van der Waals surface area contributed by atoms with Gasteiger partial charge in [-0.3, -0.25) is 0 Å². The Hall–Kier alpha value is -1.82. The number of nitrogens with two attached hydrogens (primary N) is 1. The Bertz CT molecular complexity index is 623. The third kappa shape index (κ3) is 2.63. The van der Waals surface area contributed by atoms with Crippen LogP contribution in [0.25, 0.3) is 0 Å². The zero-order valence-corrected chi connectivity index (χ0v) is 10.8. The van der Waals surface area contributed by atoms with Gasteiger partial charge in [0.1, 0.15) is 5.75 Å². The van der Waals surface area contributed by atoms with E-state index in [2.05, 4.69) is 0 Å². The van der Waals surface area contributed by atoms with Gasteiger partial charge >= 0.3 is 0 Å². The second kappa shape index (κ2) is 5.05. The number of hydrogen-bond donors (Lipinski definition) is 2. The molecule has 2 rings (SSSR count). The number of ether oxygens (including phenoxy) is 1. The summed E-state index contributed by atoms with van der Waals surface area (Å²) in [5.41, 5.74) is 5.48. The van der Waals surface area contributed by atoms with Crippen molar-refractivity contribution in [1.29, 1.82) is 5.26 Å². The number of morpholine rings is 1. The van der Waals surface area contributed by atoms with Gasteiger partial charge in [0.2, 0.25) is 10.0 Å². The van der Waals surface area contributed by atoms with Gasteiger partial charge in [-0.15, -0.1) is 0 Å². The van der Waals surface area contributed by atoms with Crippen LogP contribution in [0, 0.1) is 11.3 Å². The highest BCUT2D eigenvalue weighted by Gasteiger charge is 2.31. The summed E-state index contributed by atoms with van der Waals surface area (Å²) in [6.07, 6.45) is -0.766. The molecule has 8 heteroatoms. The second-order valence-electron chi connectivity index (χ2n) is 4.07. The zero-order chi connectivity index (χ0) is 14.0. The van der Waals surface area contributed by atoms with Gasteiger partial charge in [0.25, 0.3) is 0 Å². The molecule has 7 nitrogen and oxygen atoms in total. The average Bonchev–Trinajstić information content (AvgIpc) is 2.41. The van der Waals surface area contributed by atoms with Crippen molar-refractivity contribution in [2.45, 2.75) is 11.0 Å². The summed E-state index contributed by atoms with van der Waals surface area (Å²) in [4.78, 5) is -0.0126. The minimum atomic E-state index is -3.73. The normalized spacial score (nSPS) is 20.9. The van der Waals surface area contributed by atoms with Crippen molar-refractivity contribution in [3.8, 4) is 11.8 Å². The van der Waals surface area contributed by atoms with Gasteiger partial charge in [0.15, 0.2) is 6.10 Å². The van der Waals surface area contributed by atoms with Crippen molar-refractivity contribution >= 4 is 15.7 Å². The van der Waals surface area contributed by atoms with Crippen LogP contribution in [0.4, 0.5) is 5.69 Å². The molecule has 0 aromatic heterocycles. The number of anilines is 1. The highest BCUT2D eigenvalue weighted by Crippen LogP contribution is 2.26. The van der Waals surface area contributed by atoms with Gasteiger partial charge < -0.3 is 15.6 Å². The maximum Gasteiger partial charge on any atom is 0.243 e. The second-order valence-corrected chi connectivity index (χ2v) is 6.01. The minimum Gasteiger partial charge on any atom is -0.506 e. The van der Waals surface area contributed by atoms with E-state index < -0.39 is 16.1 Å². The Morgan fingerprint density at radius 1 is 1.53 bits per heavy atom. The van der Waals surface area contributed by atoms with E-state index in [-0.39, 0.29) is 36.0 Å². The lowest BCUT2D eigenvalue weighted by molar-refractivity contribution is 0.0311. The third-order valence-corrected chi connectivity index (χ3v) is 4.67. The lowest BCUT2D eigenvalue weighted by atomic mass is 10.3. The van der Waals surface area contributed by atoms with Crippen LogP contribution in [0.3, 0.4) is 0 Å². The summed E-state index contributed by atoms with van der Waals surface area (Å²) in [5, 5.41) is 18.1. The van der Waals surface area contributed by atoms with Gasteiger partial charge in [-0.25, -0.2) is 8.42 Å². The van der Waals surface area contributed by atoms with Crippen LogP contribution in [-0.2, 0) is 14.8 Å². The lowest BCUT2D eigenvalue weighted by Gasteiger charge is -2.28. The summed E-state index contributed by atoms with van der Waals surface area (Å²) in [6, 6.07) is 5.58. The Labute approximate surface area is 110 Å². The molecule has 1 fully saturated rings. The van der Waals surface area contributed by atoms with E-state index in [1.165, 1.54) is 22.5 Å².